The van der Waals surface area contributed by atoms with Gasteiger partial charge >= 0.3 is 0 Å². The van der Waals surface area contributed by atoms with E-state index in [2.05, 4.69) is 93.6 Å². The van der Waals surface area contributed by atoms with Gasteiger partial charge in [-0.05, 0) is 65.8 Å². The molecule has 0 spiro atoms. The monoisotopic (exact) mass is 426 g/mol. The predicted molar refractivity (Wildman–Crippen MR) is 130 cm³/mol. The van der Waals surface area contributed by atoms with E-state index in [1.54, 1.807) is 0 Å². The van der Waals surface area contributed by atoms with Gasteiger partial charge in [-0.25, -0.2) is 0 Å². The van der Waals surface area contributed by atoms with E-state index in [9.17, 15) is 0 Å². The Labute approximate surface area is 188 Å². The number of nitrogens with zero attached hydrogens (tertiary/aromatic N) is 3. The molecule has 2 aromatic heterocycles. The summed E-state index contributed by atoms with van der Waals surface area (Å²) in [5.41, 5.74) is 3.39. The van der Waals surface area contributed by atoms with Crippen LogP contribution < -0.4 is 5.32 Å². The van der Waals surface area contributed by atoms with Crippen LogP contribution in [0.1, 0.15) is 43.2 Å². The van der Waals surface area contributed by atoms with Crippen LogP contribution in [-0.2, 0) is 0 Å². The molecular formula is C26H26N4S. The van der Waals surface area contributed by atoms with Crippen LogP contribution in [0.3, 0.4) is 0 Å². The van der Waals surface area contributed by atoms with Crippen molar-refractivity contribution >= 4 is 28.1 Å². The fraction of sp³-hybridized carbons (Fsp3) is 0.231. The zero-order valence-electron chi connectivity index (χ0n) is 17.6. The number of hydrogen-bond donors (Lipinski definition) is 1. The molecule has 4 aromatic rings. The highest BCUT2D eigenvalue weighted by molar-refractivity contribution is 7.80. The van der Waals surface area contributed by atoms with Crippen molar-refractivity contribution in [3.63, 3.8) is 0 Å². The van der Waals surface area contributed by atoms with E-state index >= 15 is 0 Å². The van der Waals surface area contributed by atoms with E-state index in [0.717, 1.165) is 35.9 Å². The molecule has 5 heteroatoms. The maximum absolute atomic E-state index is 5.78. The highest BCUT2D eigenvalue weighted by Crippen LogP contribution is 2.39. The minimum atomic E-state index is 0.0136. The summed E-state index contributed by atoms with van der Waals surface area (Å²) in [5.74, 6) is 0. The average Bonchev–Trinajstić information content (AvgIpc) is 3.42. The van der Waals surface area contributed by atoms with Crippen LogP contribution in [0.2, 0.25) is 0 Å². The van der Waals surface area contributed by atoms with E-state index in [1.165, 1.54) is 16.5 Å². The Kier molecular flexibility index (Phi) is 5.43. The standard InChI is InChI=1S/C26H26N4S/c1-2-3-16-30-25(24(28-26(30)31)22-11-6-7-15-27-22)23-12-8-17-29(23)21-14-13-19-9-4-5-10-20(19)18-21/h4-15,17-18,24-25H,2-3,16H2,1H3,(H,28,31). The average molecular weight is 427 g/mol. The Morgan fingerprint density at radius 2 is 1.81 bits per heavy atom. The van der Waals surface area contributed by atoms with Crippen LogP contribution in [-0.4, -0.2) is 26.1 Å². The number of hydrogen-bond acceptors (Lipinski definition) is 2. The molecule has 1 N–H and O–H groups in total. The molecule has 1 saturated heterocycles. The maximum atomic E-state index is 5.78. The third kappa shape index (κ3) is 3.70. The lowest BCUT2D eigenvalue weighted by Gasteiger charge is -2.29. The van der Waals surface area contributed by atoms with Crippen molar-refractivity contribution in [1.29, 1.82) is 0 Å². The van der Waals surface area contributed by atoms with Gasteiger partial charge in [0.2, 0.25) is 0 Å². The third-order valence-electron chi connectivity index (χ3n) is 6.04. The first kappa shape index (κ1) is 19.8. The molecule has 4 nitrogen and oxygen atoms in total. The summed E-state index contributed by atoms with van der Waals surface area (Å²) >= 11 is 5.78. The lowest BCUT2D eigenvalue weighted by Crippen LogP contribution is -2.31. The van der Waals surface area contributed by atoms with E-state index < -0.39 is 0 Å². The van der Waals surface area contributed by atoms with Crippen molar-refractivity contribution in [1.82, 2.24) is 19.8 Å². The number of fused-ring (bicyclic) bond motifs is 1. The van der Waals surface area contributed by atoms with Gasteiger partial charge in [0.15, 0.2) is 5.11 Å². The normalized spacial score (nSPS) is 18.5. The third-order valence-corrected chi connectivity index (χ3v) is 6.40. The summed E-state index contributed by atoms with van der Waals surface area (Å²) < 4.78 is 2.29. The SMILES string of the molecule is CCCCN1C(=S)NC(c2ccccn2)C1c1cccn1-c1ccc2ccccc2c1. The van der Waals surface area contributed by atoms with Gasteiger partial charge < -0.3 is 14.8 Å². The zero-order chi connectivity index (χ0) is 21.2. The quantitative estimate of drug-likeness (QED) is 0.395. The van der Waals surface area contributed by atoms with E-state index in [1.807, 2.05) is 18.3 Å². The molecule has 31 heavy (non-hydrogen) atoms. The van der Waals surface area contributed by atoms with Gasteiger partial charge in [0.25, 0.3) is 0 Å². The second-order valence-electron chi connectivity index (χ2n) is 8.01. The van der Waals surface area contributed by atoms with Crippen molar-refractivity contribution in [2.75, 3.05) is 6.54 Å². The number of benzene rings is 2. The molecule has 0 radical (unpaired) electrons. The maximum Gasteiger partial charge on any atom is 0.170 e. The largest absolute Gasteiger partial charge is 0.352 e. The Morgan fingerprint density at radius 3 is 2.61 bits per heavy atom. The van der Waals surface area contributed by atoms with Crippen molar-refractivity contribution < 1.29 is 0 Å². The highest BCUT2D eigenvalue weighted by Gasteiger charge is 2.40. The summed E-state index contributed by atoms with van der Waals surface area (Å²) in [6.07, 6.45) is 6.23. The van der Waals surface area contributed by atoms with Crippen molar-refractivity contribution in [2.24, 2.45) is 0 Å². The fourth-order valence-electron chi connectivity index (χ4n) is 4.49. The van der Waals surface area contributed by atoms with Crippen LogP contribution in [0.15, 0.2) is 85.2 Å². The van der Waals surface area contributed by atoms with Gasteiger partial charge in [-0.1, -0.05) is 49.7 Å². The van der Waals surface area contributed by atoms with Gasteiger partial charge in [-0.15, -0.1) is 0 Å². The predicted octanol–water partition coefficient (Wildman–Crippen LogP) is 5.80. The molecule has 5 rings (SSSR count). The van der Waals surface area contributed by atoms with Crippen molar-refractivity contribution in [3.05, 3.63) is 96.6 Å². The fourth-order valence-corrected chi connectivity index (χ4v) is 4.82. The van der Waals surface area contributed by atoms with E-state index in [4.69, 9.17) is 12.2 Å². The van der Waals surface area contributed by atoms with E-state index in [-0.39, 0.29) is 12.1 Å². The van der Waals surface area contributed by atoms with Gasteiger partial charge in [-0.3, -0.25) is 4.98 Å². The molecular weight excluding hydrogens is 400 g/mol. The number of aromatic nitrogens is 2. The lowest BCUT2D eigenvalue weighted by atomic mass is 10.0. The Balaban J connectivity index is 1.60. The van der Waals surface area contributed by atoms with Crippen LogP contribution in [0, 0.1) is 0 Å². The topological polar surface area (TPSA) is 33.1 Å². The molecule has 0 amide bonds. The first-order valence-electron chi connectivity index (χ1n) is 10.9. The first-order chi connectivity index (χ1) is 15.3. The molecule has 0 saturated carbocycles. The summed E-state index contributed by atoms with van der Waals surface area (Å²) in [4.78, 5) is 6.99. The van der Waals surface area contributed by atoms with E-state index in [0.29, 0.717) is 0 Å². The molecule has 156 valence electrons. The van der Waals surface area contributed by atoms with Gasteiger partial charge in [0.1, 0.15) is 0 Å². The number of rotatable bonds is 6. The van der Waals surface area contributed by atoms with Crippen molar-refractivity contribution in [3.8, 4) is 5.69 Å². The number of nitrogens with one attached hydrogen (secondary N) is 1. The van der Waals surface area contributed by atoms with Crippen LogP contribution in [0.4, 0.5) is 0 Å². The molecule has 1 aliphatic rings. The van der Waals surface area contributed by atoms with Gasteiger partial charge in [-0.2, -0.15) is 0 Å². The first-order valence-corrected chi connectivity index (χ1v) is 11.3. The Hall–Kier alpha value is -3.18. The Bertz CT molecular complexity index is 1200. The summed E-state index contributed by atoms with van der Waals surface area (Å²) in [7, 11) is 0. The molecule has 2 unspecified atom stereocenters. The summed E-state index contributed by atoms with van der Waals surface area (Å²) in [6.45, 7) is 3.15. The van der Waals surface area contributed by atoms with Crippen LogP contribution in [0.25, 0.3) is 16.5 Å². The smallest absolute Gasteiger partial charge is 0.170 e. The van der Waals surface area contributed by atoms with Crippen LogP contribution >= 0.6 is 12.2 Å². The minimum absolute atomic E-state index is 0.0136. The van der Waals surface area contributed by atoms with Gasteiger partial charge in [0.05, 0.1) is 17.8 Å². The van der Waals surface area contributed by atoms with Crippen LogP contribution in [0.5, 0.6) is 0 Å². The molecule has 2 atom stereocenters. The second-order valence-corrected chi connectivity index (χ2v) is 8.39. The lowest BCUT2D eigenvalue weighted by molar-refractivity contribution is 0.304. The molecule has 1 aliphatic heterocycles. The molecule has 1 fully saturated rings. The number of pyridine rings is 1. The second kappa shape index (κ2) is 8.52. The zero-order valence-corrected chi connectivity index (χ0v) is 18.4. The molecule has 2 aromatic carbocycles. The summed E-state index contributed by atoms with van der Waals surface area (Å²) in [6, 6.07) is 25.6. The minimum Gasteiger partial charge on any atom is -0.352 e. The number of unbranched alkanes of at least 4 members (excludes halogenated alkanes) is 1. The summed E-state index contributed by atoms with van der Waals surface area (Å²) in [5, 5.41) is 6.85. The highest BCUT2D eigenvalue weighted by atomic mass is 32.1. The Morgan fingerprint density at radius 1 is 0.968 bits per heavy atom. The molecule has 0 aliphatic carbocycles. The molecule has 0 bridgehead atoms. The molecule has 3 heterocycles. The number of thiocarbonyl (C=S) groups is 1. The van der Waals surface area contributed by atoms with Gasteiger partial charge in [0, 0.05) is 30.3 Å². The van der Waals surface area contributed by atoms with Crippen molar-refractivity contribution in [2.45, 2.75) is 31.8 Å².